The third-order valence-electron chi connectivity index (χ3n) is 5.01. The molecule has 0 saturated heterocycles. The molecule has 0 spiro atoms. The summed E-state index contributed by atoms with van der Waals surface area (Å²) in [6, 6.07) is 13.2. The molecule has 5 rings (SSSR count). The number of halogens is 2. The summed E-state index contributed by atoms with van der Waals surface area (Å²) < 4.78 is 20.0. The maximum Gasteiger partial charge on any atom is 0.258 e. The number of nitrogens with one attached hydrogen (secondary N) is 1. The number of nitrogens with zero attached hydrogens (tertiary/aromatic N) is 4. The molecule has 0 radical (unpaired) electrons. The minimum Gasteiger partial charge on any atom is -0.496 e. The number of anilines is 1. The average Bonchev–Trinajstić information content (AvgIpc) is 3.25. The van der Waals surface area contributed by atoms with E-state index in [0.29, 0.717) is 37.6 Å². The summed E-state index contributed by atoms with van der Waals surface area (Å²) in [5.74, 6) is -0.700. The van der Waals surface area contributed by atoms with E-state index in [-0.39, 0.29) is 11.1 Å². The van der Waals surface area contributed by atoms with Gasteiger partial charge in [0.2, 0.25) is 0 Å². The molecule has 10 heteroatoms. The second-order valence-corrected chi connectivity index (χ2v) is 8.52. The molecule has 1 N–H and O–H groups in total. The summed E-state index contributed by atoms with van der Waals surface area (Å²) in [5.41, 5.74) is 2.61. The Kier molecular flexibility index (Phi) is 5.87. The van der Waals surface area contributed by atoms with Crippen LogP contribution in [-0.2, 0) is 0 Å². The van der Waals surface area contributed by atoms with Gasteiger partial charge in [-0.25, -0.2) is 14.4 Å². The minimum absolute atomic E-state index is 0.156. The van der Waals surface area contributed by atoms with Crippen LogP contribution in [0.4, 0.5) is 9.52 Å². The number of hydrogen-bond acceptors (Lipinski definition) is 7. The third kappa shape index (κ3) is 4.18. The van der Waals surface area contributed by atoms with E-state index in [1.165, 1.54) is 49.0 Å². The summed E-state index contributed by atoms with van der Waals surface area (Å²) in [4.78, 5) is 31.1. The monoisotopic (exact) mass is 491 g/mol. The fourth-order valence-electron chi connectivity index (χ4n) is 3.43. The second-order valence-electron chi connectivity index (χ2n) is 7.10. The van der Waals surface area contributed by atoms with Gasteiger partial charge in [-0.2, -0.15) is 4.98 Å². The van der Waals surface area contributed by atoms with Crippen molar-refractivity contribution in [3.05, 3.63) is 83.5 Å². The summed E-state index contributed by atoms with van der Waals surface area (Å²) in [5, 5.41) is 3.71. The Balaban J connectivity index is 1.47. The van der Waals surface area contributed by atoms with Crippen LogP contribution in [0.3, 0.4) is 0 Å². The molecule has 0 aliphatic carbocycles. The molecule has 7 nitrogen and oxygen atoms in total. The highest BCUT2D eigenvalue weighted by molar-refractivity contribution is 7.21. The molecule has 0 aliphatic heterocycles. The van der Waals surface area contributed by atoms with Crippen LogP contribution in [-0.4, -0.2) is 33.0 Å². The number of ether oxygens (including phenoxy) is 1. The molecule has 0 fully saturated rings. The van der Waals surface area contributed by atoms with Gasteiger partial charge in [0, 0.05) is 28.5 Å². The number of benzene rings is 2. The Hall–Kier alpha value is -3.95. The zero-order valence-corrected chi connectivity index (χ0v) is 19.2. The highest BCUT2D eigenvalue weighted by atomic mass is 35.5. The maximum absolute atomic E-state index is 14.7. The van der Waals surface area contributed by atoms with Crippen molar-refractivity contribution in [1.82, 2.24) is 19.9 Å². The average molecular weight is 492 g/mol. The number of aromatic nitrogens is 4. The van der Waals surface area contributed by atoms with Crippen molar-refractivity contribution in [2.45, 2.75) is 0 Å². The molecule has 1 amide bonds. The van der Waals surface area contributed by atoms with E-state index in [0.717, 1.165) is 5.56 Å². The third-order valence-corrected chi connectivity index (χ3v) is 6.12. The number of thiazole rings is 1. The Morgan fingerprint density at radius 3 is 2.71 bits per heavy atom. The van der Waals surface area contributed by atoms with Gasteiger partial charge in [-0.3, -0.25) is 15.1 Å². The Labute approximate surface area is 202 Å². The van der Waals surface area contributed by atoms with E-state index in [1.807, 2.05) is 12.1 Å². The molecular weight excluding hydrogens is 477 g/mol. The smallest absolute Gasteiger partial charge is 0.258 e. The van der Waals surface area contributed by atoms with E-state index in [1.54, 1.807) is 24.4 Å². The van der Waals surface area contributed by atoms with Crippen LogP contribution < -0.4 is 10.1 Å². The first-order valence-electron chi connectivity index (χ1n) is 10.0. The molecule has 0 atom stereocenters. The zero-order chi connectivity index (χ0) is 23.7. The number of carbonyl (C=O) groups is 1. The lowest BCUT2D eigenvalue weighted by Crippen LogP contribution is -2.13. The fourth-order valence-corrected chi connectivity index (χ4v) is 4.35. The number of carbonyl (C=O) groups excluding carboxylic acids is 1. The first-order valence-corrected chi connectivity index (χ1v) is 11.2. The lowest BCUT2D eigenvalue weighted by molar-refractivity contribution is 0.102. The highest BCUT2D eigenvalue weighted by Crippen LogP contribution is 2.35. The molecule has 0 saturated carbocycles. The second kappa shape index (κ2) is 9.12. The molecule has 3 aromatic heterocycles. The largest absolute Gasteiger partial charge is 0.496 e. The maximum atomic E-state index is 14.7. The van der Waals surface area contributed by atoms with Crippen molar-refractivity contribution in [2.75, 3.05) is 12.4 Å². The standard InChI is InChI=1S/C24H15ClFN5O2S/c1-33-19-4-2-3-17(26)20(19)16-11-27-10-9-15(16)22(32)31-24-30-21-23(34-24)29-18(12-28-21)13-5-7-14(25)8-6-13/h2-12H,1H3,(H,28,30,31,32). The molecule has 34 heavy (non-hydrogen) atoms. The van der Waals surface area contributed by atoms with Crippen LogP contribution in [0.5, 0.6) is 5.75 Å². The number of hydrogen-bond donors (Lipinski definition) is 1. The topological polar surface area (TPSA) is 89.9 Å². The van der Waals surface area contributed by atoms with Gasteiger partial charge in [0.05, 0.1) is 30.1 Å². The van der Waals surface area contributed by atoms with E-state index < -0.39 is 11.7 Å². The van der Waals surface area contributed by atoms with Crippen molar-refractivity contribution in [3.63, 3.8) is 0 Å². The van der Waals surface area contributed by atoms with Crippen molar-refractivity contribution >= 4 is 44.5 Å². The molecule has 5 aromatic rings. The van der Waals surface area contributed by atoms with Gasteiger partial charge in [0.1, 0.15) is 11.6 Å². The normalized spacial score (nSPS) is 10.9. The van der Waals surface area contributed by atoms with Gasteiger partial charge < -0.3 is 4.74 Å². The first kappa shape index (κ1) is 21.9. The lowest BCUT2D eigenvalue weighted by atomic mass is 10.00. The number of amides is 1. The van der Waals surface area contributed by atoms with Gasteiger partial charge in [-0.1, -0.05) is 41.1 Å². The minimum atomic E-state index is -0.524. The van der Waals surface area contributed by atoms with E-state index in [9.17, 15) is 9.18 Å². The fraction of sp³-hybridized carbons (Fsp3) is 0.0417. The quantitative estimate of drug-likeness (QED) is 0.331. The van der Waals surface area contributed by atoms with Crippen molar-refractivity contribution in [2.24, 2.45) is 0 Å². The highest BCUT2D eigenvalue weighted by Gasteiger charge is 2.20. The molecule has 0 aliphatic rings. The molecular formula is C24H15ClFN5O2S. The van der Waals surface area contributed by atoms with Gasteiger partial charge in [0.15, 0.2) is 15.6 Å². The van der Waals surface area contributed by atoms with Crippen LogP contribution in [0, 0.1) is 5.82 Å². The van der Waals surface area contributed by atoms with E-state index in [4.69, 9.17) is 16.3 Å². The van der Waals surface area contributed by atoms with Crippen LogP contribution in [0.1, 0.15) is 10.4 Å². The first-order chi connectivity index (χ1) is 16.5. The predicted octanol–water partition coefficient (Wildman–Crippen LogP) is 5.87. The molecule has 0 bridgehead atoms. The summed E-state index contributed by atoms with van der Waals surface area (Å²) in [6.45, 7) is 0. The van der Waals surface area contributed by atoms with E-state index in [2.05, 4.69) is 25.3 Å². The van der Waals surface area contributed by atoms with Gasteiger partial charge in [-0.05, 0) is 30.3 Å². The van der Waals surface area contributed by atoms with Crippen molar-refractivity contribution in [3.8, 4) is 28.1 Å². The van der Waals surface area contributed by atoms with E-state index >= 15 is 0 Å². The summed E-state index contributed by atoms with van der Waals surface area (Å²) in [7, 11) is 1.44. The Morgan fingerprint density at radius 2 is 1.91 bits per heavy atom. The van der Waals surface area contributed by atoms with Gasteiger partial charge >= 0.3 is 0 Å². The molecule has 0 unspecified atom stereocenters. The van der Waals surface area contributed by atoms with Crippen molar-refractivity contribution < 1.29 is 13.9 Å². The van der Waals surface area contributed by atoms with Gasteiger partial charge in [0.25, 0.3) is 5.91 Å². The van der Waals surface area contributed by atoms with Crippen LogP contribution in [0.25, 0.3) is 32.9 Å². The Bertz CT molecular complexity index is 1520. The molecule has 168 valence electrons. The lowest BCUT2D eigenvalue weighted by Gasteiger charge is -2.13. The predicted molar refractivity (Wildman–Crippen MR) is 130 cm³/mol. The van der Waals surface area contributed by atoms with Crippen LogP contribution >= 0.6 is 22.9 Å². The van der Waals surface area contributed by atoms with Crippen molar-refractivity contribution in [1.29, 1.82) is 0 Å². The Morgan fingerprint density at radius 1 is 1.09 bits per heavy atom. The number of methoxy groups -OCH3 is 1. The number of fused-ring (bicyclic) bond motifs is 1. The molecule has 2 aromatic carbocycles. The number of pyridine rings is 1. The summed E-state index contributed by atoms with van der Waals surface area (Å²) >= 11 is 7.14. The zero-order valence-electron chi connectivity index (χ0n) is 17.6. The van der Waals surface area contributed by atoms with Gasteiger partial charge in [-0.15, -0.1) is 0 Å². The van der Waals surface area contributed by atoms with Crippen LogP contribution in [0.2, 0.25) is 5.02 Å². The molecule has 3 heterocycles. The van der Waals surface area contributed by atoms with Crippen LogP contribution in [0.15, 0.2) is 67.1 Å². The SMILES string of the molecule is COc1cccc(F)c1-c1cnccc1C(=O)Nc1nc2ncc(-c3ccc(Cl)cc3)nc2s1. The number of rotatable bonds is 5. The summed E-state index contributed by atoms with van der Waals surface area (Å²) in [6.07, 6.45) is 4.50.